The third-order valence-electron chi connectivity index (χ3n) is 4.66. The van der Waals surface area contributed by atoms with E-state index in [9.17, 15) is 14.0 Å². The molecule has 1 aliphatic heterocycles. The van der Waals surface area contributed by atoms with Gasteiger partial charge in [0.15, 0.2) is 6.61 Å². The Hall–Kier alpha value is -2.93. The molecule has 3 rings (SSSR count). The van der Waals surface area contributed by atoms with E-state index in [1.165, 1.54) is 12.1 Å². The Morgan fingerprint density at radius 3 is 2.57 bits per heavy atom. The molecule has 1 fully saturated rings. The maximum atomic E-state index is 13.1. The Kier molecular flexibility index (Phi) is 6.60. The quantitative estimate of drug-likeness (QED) is 0.826. The minimum atomic E-state index is -0.564. The Bertz CT molecular complexity index is 826. The van der Waals surface area contributed by atoms with Gasteiger partial charge in [-0.25, -0.2) is 4.39 Å². The van der Waals surface area contributed by atoms with Gasteiger partial charge in [-0.15, -0.1) is 0 Å². The van der Waals surface area contributed by atoms with Gasteiger partial charge in [-0.1, -0.05) is 18.2 Å². The van der Waals surface area contributed by atoms with E-state index in [0.29, 0.717) is 24.4 Å². The zero-order valence-electron chi connectivity index (χ0n) is 15.6. The molecule has 28 heavy (non-hydrogen) atoms. The van der Waals surface area contributed by atoms with Crippen LogP contribution in [0.5, 0.6) is 5.75 Å². The summed E-state index contributed by atoms with van der Waals surface area (Å²) in [5.41, 5.74) is 6.66. The standard InChI is InChI=1S/C21H24FN3O3/c22-18-7-5-16(6-8-18)14-24-9-2-10-25(12-11-24)21(27)17-3-1-4-19(13-17)28-15-20(23)26/h1,3-8,13H,2,9-12,14-15H2,(H2,23,26). The summed E-state index contributed by atoms with van der Waals surface area (Å²) in [4.78, 5) is 27.8. The second-order valence-corrected chi connectivity index (χ2v) is 6.83. The van der Waals surface area contributed by atoms with E-state index in [2.05, 4.69) is 4.90 Å². The molecule has 6 nitrogen and oxygen atoms in total. The van der Waals surface area contributed by atoms with Crippen LogP contribution in [-0.2, 0) is 11.3 Å². The highest BCUT2D eigenvalue weighted by molar-refractivity contribution is 5.94. The number of ether oxygens (including phenoxy) is 1. The van der Waals surface area contributed by atoms with Crippen LogP contribution in [0.4, 0.5) is 4.39 Å². The molecule has 2 amide bonds. The first-order valence-electron chi connectivity index (χ1n) is 9.28. The molecule has 7 heteroatoms. The highest BCUT2D eigenvalue weighted by Gasteiger charge is 2.20. The lowest BCUT2D eigenvalue weighted by Crippen LogP contribution is -2.35. The van der Waals surface area contributed by atoms with Crippen LogP contribution in [0.2, 0.25) is 0 Å². The van der Waals surface area contributed by atoms with Crippen molar-refractivity contribution in [2.75, 3.05) is 32.8 Å². The molecule has 0 saturated carbocycles. The van der Waals surface area contributed by atoms with Crippen LogP contribution >= 0.6 is 0 Å². The zero-order valence-corrected chi connectivity index (χ0v) is 15.6. The van der Waals surface area contributed by atoms with Crippen molar-refractivity contribution in [2.24, 2.45) is 5.73 Å². The summed E-state index contributed by atoms with van der Waals surface area (Å²) in [6.07, 6.45) is 0.866. The van der Waals surface area contributed by atoms with Gasteiger partial charge in [-0.05, 0) is 42.3 Å². The first kappa shape index (κ1) is 19.8. The van der Waals surface area contributed by atoms with Crippen molar-refractivity contribution < 1.29 is 18.7 Å². The van der Waals surface area contributed by atoms with Gasteiger partial charge >= 0.3 is 0 Å². The Morgan fingerprint density at radius 1 is 1.04 bits per heavy atom. The van der Waals surface area contributed by atoms with Crippen LogP contribution < -0.4 is 10.5 Å². The van der Waals surface area contributed by atoms with Gasteiger partial charge in [0.05, 0.1) is 0 Å². The van der Waals surface area contributed by atoms with Crippen molar-refractivity contribution in [2.45, 2.75) is 13.0 Å². The van der Waals surface area contributed by atoms with Crippen LogP contribution in [0.25, 0.3) is 0 Å². The van der Waals surface area contributed by atoms with Crippen molar-refractivity contribution in [3.8, 4) is 5.75 Å². The topological polar surface area (TPSA) is 75.9 Å². The molecule has 0 aromatic heterocycles. The van der Waals surface area contributed by atoms with Gasteiger partial charge in [-0.3, -0.25) is 14.5 Å². The van der Waals surface area contributed by atoms with Crippen molar-refractivity contribution in [1.29, 1.82) is 0 Å². The molecule has 1 aliphatic rings. The van der Waals surface area contributed by atoms with Crippen LogP contribution in [0.3, 0.4) is 0 Å². The molecular weight excluding hydrogens is 361 g/mol. The van der Waals surface area contributed by atoms with Gasteiger partial charge in [0, 0.05) is 38.3 Å². The number of benzene rings is 2. The van der Waals surface area contributed by atoms with Crippen molar-refractivity contribution in [1.82, 2.24) is 9.80 Å². The number of halogens is 1. The zero-order chi connectivity index (χ0) is 19.9. The summed E-state index contributed by atoms with van der Waals surface area (Å²) in [6.45, 7) is 3.43. The second-order valence-electron chi connectivity index (χ2n) is 6.83. The van der Waals surface area contributed by atoms with Crippen LogP contribution in [0, 0.1) is 5.82 Å². The van der Waals surface area contributed by atoms with E-state index in [1.54, 1.807) is 36.4 Å². The third kappa shape index (κ3) is 5.53. The summed E-state index contributed by atoms with van der Waals surface area (Å²) < 4.78 is 18.3. The Balaban J connectivity index is 1.58. The maximum Gasteiger partial charge on any atom is 0.255 e. The molecule has 0 aliphatic carbocycles. The summed E-state index contributed by atoms with van der Waals surface area (Å²) >= 11 is 0. The van der Waals surface area contributed by atoms with Gasteiger partial charge in [0.25, 0.3) is 11.8 Å². The molecule has 0 unspecified atom stereocenters. The van der Waals surface area contributed by atoms with E-state index < -0.39 is 5.91 Å². The third-order valence-corrected chi connectivity index (χ3v) is 4.66. The fraction of sp³-hybridized carbons (Fsp3) is 0.333. The predicted molar refractivity (Wildman–Crippen MR) is 103 cm³/mol. The summed E-state index contributed by atoms with van der Waals surface area (Å²) in [6, 6.07) is 13.3. The van der Waals surface area contributed by atoms with E-state index in [0.717, 1.165) is 31.6 Å². The maximum absolute atomic E-state index is 13.1. The highest BCUT2D eigenvalue weighted by Crippen LogP contribution is 2.17. The van der Waals surface area contributed by atoms with Crippen molar-refractivity contribution in [3.63, 3.8) is 0 Å². The monoisotopic (exact) mass is 385 g/mol. The van der Waals surface area contributed by atoms with E-state index in [1.807, 2.05) is 4.90 Å². The minimum Gasteiger partial charge on any atom is -0.484 e. The van der Waals surface area contributed by atoms with E-state index in [4.69, 9.17) is 10.5 Å². The molecule has 0 atom stereocenters. The normalized spacial score (nSPS) is 15.1. The van der Waals surface area contributed by atoms with E-state index >= 15 is 0 Å². The van der Waals surface area contributed by atoms with Gasteiger partial charge in [0.2, 0.25) is 0 Å². The fourth-order valence-electron chi connectivity index (χ4n) is 3.24. The van der Waals surface area contributed by atoms with Crippen LogP contribution in [-0.4, -0.2) is 54.4 Å². The van der Waals surface area contributed by atoms with Crippen LogP contribution in [0.1, 0.15) is 22.3 Å². The van der Waals surface area contributed by atoms with Gasteiger partial charge in [-0.2, -0.15) is 0 Å². The smallest absolute Gasteiger partial charge is 0.255 e. The SMILES string of the molecule is NC(=O)COc1cccc(C(=O)N2CCCN(Cc3ccc(F)cc3)CC2)c1. The number of nitrogens with zero attached hydrogens (tertiary/aromatic N) is 2. The number of rotatable bonds is 6. The molecule has 0 radical (unpaired) electrons. The lowest BCUT2D eigenvalue weighted by Gasteiger charge is -2.22. The Morgan fingerprint density at radius 2 is 1.82 bits per heavy atom. The van der Waals surface area contributed by atoms with Gasteiger partial charge < -0.3 is 15.4 Å². The predicted octanol–water partition coefficient (Wildman–Crippen LogP) is 2.04. The summed E-state index contributed by atoms with van der Waals surface area (Å²) in [7, 11) is 0. The molecule has 148 valence electrons. The first-order valence-corrected chi connectivity index (χ1v) is 9.28. The highest BCUT2D eigenvalue weighted by atomic mass is 19.1. The van der Waals surface area contributed by atoms with E-state index in [-0.39, 0.29) is 18.3 Å². The Labute approximate surface area is 163 Å². The molecule has 1 heterocycles. The number of nitrogens with two attached hydrogens (primary N) is 1. The van der Waals surface area contributed by atoms with Crippen LogP contribution in [0.15, 0.2) is 48.5 Å². The summed E-state index contributed by atoms with van der Waals surface area (Å²) in [5, 5.41) is 0. The molecule has 0 bridgehead atoms. The molecule has 0 spiro atoms. The number of hydrogen-bond acceptors (Lipinski definition) is 4. The van der Waals surface area contributed by atoms with Crippen molar-refractivity contribution in [3.05, 3.63) is 65.5 Å². The molecule has 2 aromatic carbocycles. The largest absolute Gasteiger partial charge is 0.484 e. The number of primary amides is 1. The lowest BCUT2D eigenvalue weighted by atomic mass is 10.2. The lowest BCUT2D eigenvalue weighted by molar-refractivity contribution is -0.119. The molecule has 2 N–H and O–H groups in total. The molecule has 2 aromatic rings. The second kappa shape index (κ2) is 9.32. The summed E-state index contributed by atoms with van der Waals surface area (Å²) in [5.74, 6) is -0.422. The van der Waals surface area contributed by atoms with Gasteiger partial charge in [0.1, 0.15) is 11.6 Å². The minimum absolute atomic E-state index is 0.0619. The number of amides is 2. The average molecular weight is 385 g/mol. The number of carbonyl (C=O) groups is 2. The molecular formula is C21H24FN3O3. The average Bonchev–Trinajstić information content (AvgIpc) is 2.93. The first-order chi connectivity index (χ1) is 13.5. The molecule has 1 saturated heterocycles. The number of hydrogen-bond donors (Lipinski definition) is 1. The van der Waals surface area contributed by atoms with Crippen molar-refractivity contribution >= 4 is 11.8 Å². The fourth-order valence-corrected chi connectivity index (χ4v) is 3.24. The number of carbonyl (C=O) groups excluding carboxylic acids is 2.